The SMILES string of the molecule is CC(=O)Nc1sc2c(c1[C@@H](c1cccs1)[NH+]1CCOCC1)CCCC2. The fourth-order valence-corrected chi connectivity index (χ4v) is 6.34. The summed E-state index contributed by atoms with van der Waals surface area (Å²) >= 11 is 3.64. The predicted molar refractivity (Wildman–Crippen MR) is 103 cm³/mol. The van der Waals surface area contributed by atoms with Crippen molar-refractivity contribution >= 4 is 33.6 Å². The lowest BCUT2D eigenvalue weighted by Crippen LogP contribution is -3.14. The van der Waals surface area contributed by atoms with E-state index in [4.69, 9.17) is 4.74 Å². The number of quaternary nitrogens is 1. The fourth-order valence-electron chi connectivity index (χ4n) is 4.07. The van der Waals surface area contributed by atoms with Crippen molar-refractivity contribution in [3.05, 3.63) is 38.4 Å². The van der Waals surface area contributed by atoms with Gasteiger partial charge in [0.15, 0.2) is 6.04 Å². The largest absolute Gasteiger partial charge is 0.370 e. The summed E-state index contributed by atoms with van der Waals surface area (Å²) in [5.74, 6) is 0.0294. The summed E-state index contributed by atoms with van der Waals surface area (Å²) in [5, 5.41) is 6.40. The molecule has 3 heterocycles. The van der Waals surface area contributed by atoms with Crippen molar-refractivity contribution in [1.29, 1.82) is 0 Å². The summed E-state index contributed by atoms with van der Waals surface area (Å²) in [7, 11) is 0. The van der Waals surface area contributed by atoms with Gasteiger partial charge in [0.2, 0.25) is 5.91 Å². The van der Waals surface area contributed by atoms with Crippen molar-refractivity contribution in [2.75, 3.05) is 31.6 Å². The lowest BCUT2D eigenvalue weighted by atomic mass is 9.91. The van der Waals surface area contributed by atoms with Gasteiger partial charge in [0.1, 0.15) is 18.1 Å². The minimum absolute atomic E-state index is 0.0294. The molecule has 0 spiro atoms. The Kier molecular flexibility index (Phi) is 5.22. The molecule has 1 amide bonds. The Bertz CT molecular complexity index is 733. The van der Waals surface area contributed by atoms with E-state index < -0.39 is 0 Å². The van der Waals surface area contributed by atoms with Crippen LogP contribution in [0, 0.1) is 0 Å². The van der Waals surface area contributed by atoms with Crippen LogP contribution in [0.15, 0.2) is 17.5 Å². The van der Waals surface area contributed by atoms with Crippen LogP contribution in [0.1, 0.15) is 46.7 Å². The molecular weight excluding hydrogens is 352 g/mol. The topological polar surface area (TPSA) is 42.8 Å². The first-order chi connectivity index (χ1) is 12.2. The van der Waals surface area contributed by atoms with E-state index in [-0.39, 0.29) is 5.91 Å². The van der Waals surface area contributed by atoms with Gasteiger partial charge in [-0.1, -0.05) is 6.07 Å². The van der Waals surface area contributed by atoms with Crippen LogP contribution in [0.4, 0.5) is 5.00 Å². The Morgan fingerprint density at radius 2 is 2.08 bits per heavy atom. The molecule has 2 aromatic rings. The van der Waals surface area contributed by atoms with Gasteiger partial charge in [-0.3, -0.25) is 4.79 Å². The standard InChI is InChI=1S/C19H24N2O2S2/c1-13(22)20-19-17(14-5-2-3-6-15(14)25-19)18(16-7-4-12-24-16)21-8-10-23-11-9-21/h4,7,12,18H,2-3,5-6,8-11H2,1H3,(H,20,22)/p+1/t18-/m1/s1. The van der Waals surface area contributed by atoms with E-state index in [1.165, 1.54) is 33.7 Å². The highest BCUT2D eigenvalue weighted by atomic mass is 32.1. The Hall–Kier alpha value is -1.21. The highest BCUT2D eigenvalue weighted by Gasteiger charge is 2.36. The average molecular weight is 378 g/mol. The molecule has 0 radical (unpaired) electrons. The zero-order chi connectivity index (χ0) is 17.2. The molecule has 0 unspecified atom stereocenters. The first-order valence-corrected chi connectivity index (χ1v) is 10.8. The van der Waals surface area contributed by atoms with E-state index in [1.54, 1.807) is 11.8 Å². The molecule has 2 aliphatic rings. The zero-order valence-electron chi connectivity index (χ0n) is 14.6. The third-order valence-electron chi connectivity index (χ3n) is 5.16. The Labute approximate surface area is 156 Å². The number of aryl methyl sites for hydroxylation is 1. The number of carbonyl (C=O) groups is 1. The Morgan fingerprint density at radius 3 is 2.80 bits per heavy atom. The summed E-state index contributed by atoms with van der Waals surface area (Å²) < 4.78 is 5.61. The van der Waals surface area contributed by atoms with Gasteiger partial charge in [0, 0.05) is 11.8 Å². The number of hydrogen-bond acceptors (Lipinski definition) is 4. The number of ether oxygens (including phenoxy) is 1. The number of rotatable bonds is 4. The van der Waals surface area contributed by atoms with E-state index in [0.717, 1.165) is 44.1 Å². The van der Waals surface area contributed by atoms with Gasteiger partial charge in [-0.2, -0.15) is 0 Å². The second-order valence-electron chi connectivity index (χ2n) is 6.85. The maximum Gasteiger partial charge on any atom is 0.221 e. The van der Waals surface area contributed by atoms with Crippen molar-refractivity contribution in [1.82, 2.24) is 0 Å². The van der Waals surface area contributed by atoms with Crippen molar-refractivity contribution in [2.24, 2.45) is 0 Å². The van der Waals surface area contributed by atoms with Crippen LogP contribution in [0.2, 0.25) is 0 Å². The maximum absolute atomic E-state index is 11.8. The molecule has 1 saturated heterocycles. The van der Waals surface area contributed by atoms with E-state index >= 15 is 0 Å². The molecular formula is C19H25N2O2S2+. The third-order valence-corrected chi connectivity index (χ3v) is 7.32. The van der Waals surface area contributed by atoms with E-state index in [2.05, 4.69) is 22.8 Å². The van der Waals surface area contributed by atoms with Crippen molar-refractivity contribution in [3.63, 3.8) is 0 Å². The minimum atomic E-state index is 0.0294. The van der Waals surface area contributed by atoms with Crippen LogP contribution in [-0.4, -0.2) is 32.2 Å². The van der Waals surface area contributed by atoms with E-state index in [1.807, 2.05) is 22.7 Å². The van der Waals surface area contributed by atoms with Crippen LogP contribution in [0.25, 0.3) is 0 Å². The lowest BCUT2D eigenvalue weighted by molar-refractivity contribution is -0.932. The molecule has 1 aliphatic carbocycles. The summed E-state index contributed by atoms with van der Waals surface area (Å²) in [6.45, 7) is 5.29. The molecule has 134 valence electrons. The Balaban J connectivity index is 1.82. The number of carbonyl (C=O) groups excluding carboxylic acids is 1. The fraction of sp³-hybridized carbons (Fsp3) is 0.526. The van der Waals surface area contributed by atoms with Crippen LogP contribution < -0.4 is 10.2 Å². The molecule has 4 nitrogen and oxygen atoms in total. The molecule has 1 fully saturated rings. The smallest absolute Gasteiger partial charge is 0.221 e. The second kappa shape index (κ2) is 7.58. The van der Waals surface area contributed by atoms with Crippen LogP contribution in [0.5, 0.6) is 0 Å². The summed E-state index contributed by atoms with van der Waals surface area (Å²) in [5.41, 5.74) is 2.90. The molecule has 1 atom stereocenters. The molecule has 0 aromatic carbocycles. The third kappa shape index (κ3) is 3.53. The van der Waals surface area contributed by atoms with Gasteiger partial charge in [-0.15, -0.1) is 22.7 Å². The van der Waals surface area contributed by atoms with Crippen LogP contribution >= 0.6 is 22.7 Å². The quantitative estimate of drug-likeness (QED) is 0.860. The molecule has 4 rings (SSSR count). The molecule has 2 N–H and O–H groups in total. The van der Waals surface area contributed by atoms with E-state index in [0.29, 0.717) is 6.04 Å². The van der Waals surface area contributed by atoms with Crippen LogP contribution in [-0.2, 0) is 22.4 Å². The molecule has 0 bridgehead atoms. The Morgan fingerprint density at radius 1 is 1.28 bits per heavy atom. The predicted octanol–water partition coefficient (Wildman–Crippen LogP) is 2.65. The second-order valence-corrected chi connectivity index (χ2v) is 8.94. The van der Waals surface area contributed by atoms with Gasteiger partial charge in [0.25, 0.3) is 0 Å². The molecule has 25 heavy (non-hydrogen) atoms. The number of morpholine rings is 1. The molecule has 1 aliphatic heterocycles. The maximum atomic E-state index is 11.8. The first-order valence-electron chi connectivity index (χ1n) is 9.12. The normalized spacial score (nSPS) is 19.4. The number of anilines is 1. The first kappa shape index (κ1) is 17.2. The molecule has 2 aromatic heterocycles. The summed E-state index contributed by atoms with van der Waals surface area (Å²) in [4.78, 5) is 16.3. The lowest BCUT2D eigenvalue weighted by Gasteiger charge is -2.32. The van der Waals surface area contributed by atoms with Crippen LogP contribution in [0.3, 0.4) is 0 Å². The van der Waals surface area contributed by atoms with Gasteiger partial charge >= 0.3 is 0 Å². The molecule has 6 heteroatoms. The number of amides is 1. The highest BCUT2D eigenvalue weighted by Crippen LogP contribution is 2.43. The van der Waals surface area contributed by atoms with Gasteiger partial charge < -0.3 is 15.0 Å². The number of fused-ring (bicyclic) bond motifs is 1. The zero-order valence-corrected chi connectivity index (χ0v) is 16.2. The number of thiophene rings is 2. The molecule has 0 saturated carbocycles. The summed E-state index contributed by atoms with van der Waals surface area (Å²) in [6, 6.07) is 4.70. The highest BCUT2D eigenvalue weighted by molar-refractivity contribution is 7.16. The average Bonchev–Trinajstić information content (AvgIpc) is 3.25. The van der Waals surface area contributed by atoms with Crippen molar-refractivity contribution in [3.8, 4) is 0 Å². The number of nitrogens with one attached hydrogen (secondary N) is 2. The van der Waals surface area contributed by atoms with Gasteiger partial charge in [-0.05, 0) is 42.7 Å². The minimum Gasteiger partial charge on any atom is -0.370 e. The van der Waals surface area contributed by atoms with Crippen molar-refractivity contribution < 1.29 is 14.4 Å². The summed E-state index contributed by atoms with van der Waals surface area (Å²) in [6.07, 6.45) is 4.82. The van der Waals surface area contributed by atoms with E-state index in [9.17, 15) is 4.79 Å². The number of hydrogen-bond donors (Lipinski definition) is 2. The van der Waals surface area contributed by atoms with Crippen molar-refractivity contribution in [2.45, 2.75) is 38.6 Å². The monoisotopic (exact) mass is 377 g/mol. The van der Waals surface area contributed by atoms with Gasteiger partial charge in [0.05, 0.1) is 23.7 Å². The van der Waals surface area contributed by atoms with Gasteiger partial charge in [-0.25, -0.2) is 0 Å².